The van der Waals surface area contributed by atoms with Crippen LogP contribution < -0.4 is 5.32 Å². The highest BCUT2D eigenvalue weighted by Gasteiger charge is 2.23. The summed E-state index contributed by atoms with van der Waals surface area (Å²) in [6.45, 7) is 5.54. The van der Waals surface area contributed by atoms with Gasteiger partial charge in [-0.15, -0.1) is 11.3 Å². The molecule has 1 atom stereocenters. The van der Waals surface area contributed by atoms with E-state index < -0.39 is 12.0 Å². The third-order valence-corrected chi connectivity index (χ3v) is 4.35. The van der Waals surface area contributed by atoms with Gasteiger partial charge in [-0.3, -0.25) is 4.79 Å². The molecule has 1 amide bonds. The van der Waals surface area contributed by atoms with Crippen molar-refractivity contribution in [1.82, 2.24) is 10.3 Å². The number of amides is 1. The Kier molecular flexibility index (Phi) is 5.50. The lowest BCUT2D eigenvalue weighted by molar-refractivity contribution is -0.143. The van der Waals surface area contributed by atoms with Crippen molar-refractivity contribution in [2.75, 3.05) is 0 Å². The van der Waals surface area contributed by atoms with Gasteiger partial charge in [-0.1, -0.05) is 37.6 Å². The fourth-order valence-corrected chi connectivity index (χ4v) is 3.02. The predicted octanol–water partition coefficient (Wildman–Crippen LogP) is 2.89. The Balaban J connectivity index is 2.04. The number of rotatable bonds is 6. The summed E-state index contributed by atoms with van der Waals surface area (Å²) in [6.07, 6.45) is 0.0822. The number of carbonyl (C=O) groups is 2. The van der Waals surface area contributed by atoms with Gasteiger partial charge in [-0.25, -0.2) is 9.78 Å². The minimum atomic E-state index is -1.02. The average molecular weight is 332 g/mol. The van der Waals surface area contributed by atoms with E-state index in [0.717, 1.165) is 16.1 Å². The second kappa shape index (κ2) is 7.37. The first-order valence-corrected chi connectivity index (χ1v) is 8.28. The van der Waals surface area contributed by atoms with Gasteiger partial charge in [-0.2, -0.15) is 0 Å². The first-order chi connectivity index (χ1) is 10.9. The van der Waals surface area contributed by atoms with E-state index >= 15 is 0 Å². The number of carboxylic acids is 1. The van der Waals surface area contributed by atoms with Crippen LogP contribution in [0.5, 0.6) is 0 Å². The molecular weight excluding hydrogens is 312 g/mol. The molecule has 0 spiro atoms. The molecule has 5 nitrogen and oxygen atoms in total. The predicted molar refractivity (Wildman–Crippen MR) is 90.4 cm³/mol. The van der Waals surface area contributed by atoms with Crippen molar-refractivity contribution in [3.8, 4) is 10.6 Å². The number of benzene rings is 1. The quantitative estimate of drug-likeness (QED) is 0.852. The second-order valence-corrected chi connectivity index (χ2v) is 6.68. The highest BCUT2D eigenvalue weighted by Crippen LogP contribution is 2.24. The molecule has 2 N–H and O–H groups in total. The maximum atomic E-state index is 12.0. The van der Waals surface area contributed by atoms with Crippen molar-refractivity contribution < 1.29 is 14.7 Å². The van der Waals surface area contributed by atoms with Crippen LogP contribution in [-0.4, -0.2) is 28.0 Å². The van der Waals surface area contributed by atoms with Crippen molar-refractivity contribution in [1.29, 1.82) is 0 Å². The fraction of sp³-hybridized carbons (Fsp3) is 0.353. The maximum absolute atomic E-state index is 12.0. The lowest BCUT2D eigenvalue weighted by Gasteiger charge is -2.17. The van der Waals surface area contributed by atoms with Crippen molar-refractivity contribution in [2.45, 2.75) is 33.2 Å². The van der Waals surface area contributed by atoms with E-state index in [1.807, 2.05) is 36.6 Å². The van der Waals surface area contributed by atoms with Gasteiger partial charge in [0.15, 0.2) is 0 Å². The maximum Gasteiger partial charge on any atom is 0.326 e. The van der Waals surface area contributed by atoms with Crippen LogP contribution in [0, 0.1) is 12.8 Å². The van der Waals surface area contributed by atoms with E-state index in [1.165, 1.54) is 11.3 Å². The summed E-state index contributed by atoms with van der Waals surface area (Å²) in [5.74, 6) is -1.52. The Morgan fingerprint density at radius 2 is 2.09 bits per heavy atom. The Bertz CT molecular complexity index is 709. The van der Waals surface area contributed by atoms with Gasteiger partial charge in [0.05, 0.1) is 12.1 Å². The number of aryl methyl sites for hydroxylation is 1. The van der Waals surface area contributed by atoms with Gasteiger partial charge in [0, 0.05) is 10.9 Å². The Morgan fingerprint density at radius 3 is 2.70 bits per heavy atom. The molecule has 0 radical (unpaired) electrons. The molecule has 122 valence electrons. The first-order valence-electron chi connectivity index (χ1n) is 7.40. The van der Waals surface area contributed by atoms with Crippen molar-refractivity contribution in [2.24, 2.45) is 5.92 Å². The molecule has 6 heteroatoms. The topological polar surface area (TPSA) is 79.3 Å². The van der Waals surface area contributed by atoms with Crippen LogP contribution >= 0.6 is 11.3 Å². The molecule has 1 aromatic heterocycles. The van der Waals surface area contributed by atoms with E-state index in [2.05, 4.69) is 10.3 Å². The number of nitrogens with one attached hydrogen (secondary N) is 1. The molecule has 0 aliphatic rings. The Labute approximate surface area is 139 Å². The molecule has 0 saturated heterocycles. The van der Waals surface area contributed by atoms with Crippen molar-refractivity contribution in [3.05, 3.63) is 40.9 Å². The molecule has 23 heavy (non-hydrogen) atoms. The summed E-state index contributed by atoms with van der Waals surface area (Å²) < 4.78 is 0. The first kappa shape index (κ1) is 17.1. The number of aromatic nitrogens is 1. The third-order valence-electron chi connectivity index (χ3n) is 3.41. The zero-order valence-electron chi connectivity index (χ0n) is 13.4. The zero-order chi connectivity index (χ0) is 17.0. The molecule has 0 aliphatic heterocycles. The number of carbonyl (C=O) groups excluding carboxylic acids is 1. The van der Waals surface area contributed by atoms with Crippen molar-refractivity contribution >= 4 is 23.2 Å². The van der Waals surface area contributed by atoms with Gasteiger partial charge < -0.3 is 10.4 Å². The summed E-state index contributed by atoms with van der Waals surface area (Å²) in [5.41, 5.74) is 2.82. The van der Waals surface area contributed by atoms with E-state index in [9.17, 15) is 9.59 Å². The van der Waals surface area contributed by atoms with Gasteiger partial charge in [0.1, 0.15) is 11.0 Å². The Morgan fingerprint density at radius 1 is 1.35 bits per heavy atom. The lowest BCUT2D eigenvalue weighted by atomic mass is 10.0. The second-order valence-electron chi connectivity index (χ2n) is 5.82. The lowest BCUT2D eigenvalue weighted by Crippen LogP contribution is -2.44. The van der Waals surface area contributed by atoms with Crippen LogP contribution in [0.15, 0.2) is 29.6 Å². The smallest absolute Gasteiger partial charge is 0.326 e. The molecule has 2 rings (SSSR count). The molecule has 0 unspecified atom stereocenters. The van der Waals surface area contributed by atoms with Crippen LogP contribution in [0.4, 0.5) is 0 Å². The zero-order valence-corrected chi connectivity index (χ0v) is 14.2. The molecule has 1 heterocycles. The van der Waals surface area contributed by atoms with Crippen LogP contribution in [0.25, 0.3) is 10.6 Å². The van der Waals surface area contributed by atoms with Crippen molar-refractivity contribution in [3.63, 3.8) is 0 Å². The largest absolute Gasteiger partial charge is 0.480 e. The van der Waals surface area contributed by atoms with Gasteiger partial charge in [0.25, 0.3) is 0 Å². The van der Waals surface area contributed by atoms with Gasteiger partial charge in [-0.05, 0) is 18.9 Å². The van der Waals surface area contributed by atoms with E-state index in [-0.39, 0.29) is 18.2 Å². The van der Waals surface area contributed by atoms with E-state index in [1.54, 1.807) is 13.8 Å². The number of aliphatic carboxylic acids is 1. The third kappa shape index (κ3) is 4.63. The molecule has 0 saturated carbocycles. The van der Waals surface area contributed by atoms with Crippen LogP contribution in [0.2, 0.25) is 0 Å². The van der Waals surface area contributed by atoms with E-state index in [0.29, 0.717) is 5.69 Å². The van der Waals surface area contributed by atoms with E-state index in [4.69, 9.17) is 5.11 Å². The number of carboxylic acid groups (broad SMARTS) is 1. The summed E-state index contributed by atoms with van der Waals surface area (Å²) in [5, 5.41) is 14.4. The van der Waals surface area contributed by atoms with Crippen LogP contribution in [-0.2, 0) is 16.0 Å². The summed E-state index contributed by atoms with van der Waals surface area (Å²) in [4.78, 5) is 27.6. The molecule has 0 fully saturated rings. The normalized spacial score (nSPS) is 12.2. The van der Waals surface area contributed by atoms with Gasteiger partial charge in [0.2, 0.25) is 5.91 Å². The number of thiazole rings is 1. The molecular formula is C17H20N2O3S. The summed E-state index contributed by atoms with van der Waals surface area (Å²) in [6, 6.07) is 7.14. The Hall–Kier alpha value is -2.21. The van der Waals surface area contributed by atoms with Crippen LogP contribution in [0.3, 0.4) is 0 Å². The summed E-state index contributed by atoms with van der Waals surface area (Å²) in [7, 11) is 0. The molecule has 2 aromatic rings. The minimum Gasteiger partial charge on any atom is -0.480 e. The fourth-order valence-electron chi connectivity index (χ4n) is 2.20. The minimum absolute atomic E-state index is 0.0822. The SMILES string of the molecule is Cc1cccc(-c2nc(CC(=O)N[C@@H](C(=O)O)C(C)C)cs2)c1. The average Bonchev–Trinajstić information content (AvgIpc) is 2.92. The monoisotopic (exact) mass is 332 g/mol. The van der Waals surface area contributed by atoms with Crippen LogP contribution in [0.1, 0.15) is 25.1 Å². The van der Waals surface area contributed by atoms with Gasteiger partial charge >= 0.3 is 5.97 Å². The number of nitrogens with zero attached hydrogens (tertiary/aromatic N) is 1. The number of hydrogen-bond acceptors (Lipinski definition) is 4. The number of hydrogen-bond donors (Lipinski definition) is 2. The summed E-state index contributed by atoms with van der Waals surface area (Å²) >= 11 is 1.48. The molecule has 0 bridgehead atoms. The standard InChI is InChI=1S/C17H20N2O3S/c1-10(2)15(17(21)22)19-14(20)8-13-9-23-16(18-13)12-6-4-5-11(3)7-12/h4-7,9-10,15H,8H2,1-3H3,(H,19,20)(H,21,22)/t15-/m1/s1. The highest BCUT2D eigenvalue weighted by atomic mass is 32.1. The molecule has 1 aromatic carbocycles. The molecule has 0 aliphatic carbocycles. The highest BCUT2D eigenvalue weighted by molar-refractivity contribution is 7.13.